The molecule has 8 heteroatoms. The Morgan fingerprint density at radius 3 is 2.82 bits per heavy atom. The monoisotopic (exact) mass is 315 g/mol. The minimum absolute atomic E-state index is 0.0782. The summed E-state index contributed by atoms with van der Waals surface area (Å²) in [5.41, 5.74) is 0.470. The number of rotatable bonds is 2. The molecule has 0 unspecified atom stereocenters. The third-order valence-electron chi connectivity index (χ3n) is 3.43. The Morgan fingerprint density at radius 1 is 1.36 bits per heavy atom. The number of nitrogens with zero attached hydrogens (tertiary/aromatic N) is 4. The Bertz CT molecular complexity index is 1040. The fraction of sp³-hybridized carbons (Fsp3) is 0.143. The second kappa shape index (κ2) is 5.16. The van der Waals surface area contributed by atoms with Crippen molar-refractivity contribution < 1.29 is 0 Å². The largest absolute Gasteiger partial charge is 0.329 e. The van der Waals surface area contributed by atoms with Crippen LogP contribution in [0.2, 0.25) is 5.28 Å². The number of hydrogen-bond donors (Lipinski definition) is 1. The smallest absolute Gasteiger partial charge is 0.304 e. The van der Waals surface area contributed by atoms with Crippen LogP contribution in [0.4, 0.5) is 0 Å². The van der Waals surface area contributed by atoms with Crippen molar-refractivity contribution in [2.45, 2.75) is 6.54 Å². The molecule has 1 aromatic carbocycles. The Hall–Kier alpha value is -2.85. The van der Waals surface area contributed by atoms with Crippen LogP contribution in [0.3, 0.4) is 0 Å². The van der Waals surface area contributed by atoms with Crippen LogP contribution >= 0.6 is 11.6 Å². The lowest BCUT2D eigenvalue weighted by Crippen LogP contribution is -2.29. The molecule has 0 saturated carbocycles. The first kappa shape index (κ1) is 14.1. The van der Waals surface area contributed by atoms with Crippen molar-refractivity contribution in [3.8, 4) is 6.07 Å². The minimum Gasteiger partial charge on any atom is -0.304 e. The number of nitriles is 1. The van der Waals surface area contributed by atoms with Gasteiger partial charge >= 0.3 is 5.69 Å². The molecule has 110 valence electrons. The summed E-state index contributed by atoms with van der Waals surface area (Å²) in [7, 11) is 1.50. The van der Waals surface area contributed by atoms with Gasteiger partial charge in [0, 0.05) is 7.05 Å². The molecule has 2 heterocycles. The number of aromatic amines is 1. The van der Waals surface area contributed by atoms with Gasteiger partial charge in [-0.25, -0.2) is 4.79 Å². The van der Waals surface area contributed by atoms with Crippen molar-refractivity contribution in [1.82, 2.24) is 19.1 Å². The first-order valence-electron chi connectivity index (χ1n) is 6.36. The van der Waals surface area contributed by atoms with Gasteiger partial charge in [-0.1, -0.05) is 18.2 Å². The Morgan fingerprint density at radius 2 is 2.09 bits per heavy atom. The summed E-state index contributed by atoms with van der Waals surface area (Å²) in [5.74, 6) is 0. The normalized spacial score (nSPS) is 10.8. The summed E-state index contributed by atoms with van der Waals surface area (Å²) in [6, 6.07) is 9.10. The van der Waals surface area contributed by atoms with E-state index in [2.05, 4.69) is 16.0 Å². The summed E-state index contributed by atoms with van der Waals surface area (Å²) in [4.78, 5) is 30.0. The highest BCUT2D eigenvalue weighted by Gasteiger charge is 2.17. The summed E-state index contributed by atoms with van der Waals surface area (Å²) >= 11 is 6.11. The van der Waals surface area contributed by atoms with Gasteiger partial charge in [-0.2, -0.15) is 10.2 Å². The molecule has 2 aromatic heterocycles. The number of aryl methyl sites for hydroxylation is 1. The van der Waals surface area contributed by atoms with Gasteiger partial charge < -0.3 is 4.57 Å². The zero-order chi connectivity index (χ0) is 15.9. The van der Waals surface area contributed by atoms with Crippen LogP contribution in [0.15, 0.2) is 33.9 Å². The minimum atomic E-state index is -0.563. The van der Waals surface area contributed by atoms with E-state index in [0.29, 0.717) is 11.1 Å². The first-order valence-corrected chi connectivity index (χ1v) is 6.73. The van der Waals surface area contributed by atoms with E-state index in [-0.39, 0.29) is 23.0 Å². The lowest BCUT2D eigenvalue weighted by Gasteiger charge is -2.07. The van der Waals surface area contributed by atoms with E-state index in [0.717, 1.165) is 0 Å². The molecule has 0 spiro atoms. The number of hydrogen-bond acceptors (Lipinski definition) is 4. The van der Waals surface area contributed by atoms with E-state index in [9.17, 15) is 9.59 Å². The Kier molecular flexibility index (Phi) is 3.31. The van der Waals surface area contributed by atoms with Crippen molar-refractivity contribution in [1.29, 1.82) is 5.26 Å². The van der Waals surface area contributed by atoms with E-state index in [1.54, 1.807) is 24.3 Å². The second-order valence-corrected chi connectivity index (χ2v) is 5.06. The number of aromatic nitrogens is 4. The number of H-pyrrole nitrogens is 1. The van der Waals surface area contributed by atoms with Crippen LogP contribution in [-0.2, 0) is 13.6 Å². The highest BCUT2D eigenvalue weighted by molar-refractivity contribution is 6.29. The van der Waals surface area contributed by atoms with Crippen LogP contribution in [0.1, 0.15) is 11.1 Å². The predicted octanol–water partition coefficient (Wildman–Crippen LogP) is 0.997. The van der Waals surface area contributed by atoms with Crippen LogP contribution in [0.5, 0.6) is 0 Å². The summed E-state index contributed by atoms with van der Waals surface area (Å²) in [6.45, 7) is 0.209. The van der Waals surface area contributed by atoms with Gasteiger partial charge in [0.1, 0.15) is 0 Å². The lowest BCUT2D eigenvalue weighted by molar-refractivity contribution is 0.805. The number of nitrogens with one attached hydrogen (secondary N) is 1. The zero-order valence-electron chi connectivity index (χ0n) is 11.5. The summed E-state index contributed by atoms with van der Waals surface area (Å²) in [5, 5.41) is 9.22. The van der Waals surface area contributed by atoms with E-state index in [4.69, 9.17) is 16.9 Å². The molecule has 22 heavy (non-hydrogen) atoms. The van der Waals surface area contributed by atoms with Gasteiger partial charge in [-0.15, -0.1) is 0 Å². The molecule has 1 N–H and O–H groups in total. The van der Waals surface area contributed by atoms with Gasteiger partial charge in [0.25, 0.3) is 5.56 Å². The van der Waals surface area contributed by atoms with E-state index in [1.165, 1.54) is 16.2 Å². The third-order valence-corrected chi connectivity index (χ3v) is 3.72. The maximum atomic E-state index is 12.1. The van der Waals surface area contributed by atoms with Crippen molar-refractivity contribution in [3.63, 3.8) is 0 Å². The summed E-state index contributed by atoms with van der Waals surface area (Å²) in [6.07, 6.45) is 0. The van der Waals surface area contributed by atoms with Crippen molar-refractivity contribution in [3.05, 3.63) is 61.5 Å². The number of imidazole rings is 1. The molecule has 3 aromatic rings. The number of benzene rings is 1. The summed E-state index contributed by atoms with van der Waals surface area (Å²) < 4.78 is 2.70. The molecular weight excluding hydrogens is 306 g/mol. The third kappa shape index (κ3) is 2.10. The van der Waals surface area contributed by atoms with Crippen LogP contribution in [0, 0.1) is 11.3 Å². The van der Waals surface area contributed by atoms with Crippen molar-refractivity contribution >= 4 is 22.8 Å². The van der Waals surface area contributed by atoms with Crippen LogP contribution < -0.4 is 11.2 Å². The van der Waals surface area contributed by atoms with Crippen LogP contribution in [-0.4, -0.2) is 19.1 Å². The van der Waals surface area contributed by atoms with Gasteiger partial charge in [0.2, 0.25) is 5.28 Å². The quantitative estimate of drug-likeness (QED) is 0.713. The Balaban J connectivity index is 2.27. The van der Waals surface area contributed by atoms with Gasteiger partial charge in [-0.3, -0.25) is 14.3 Å². The maximum Gasteiger partial charge on any atom is 0.329 e. The molecule has 0 radical (unpaired) electrons. The molecule has 0 bridgehead atoms. The average Bonchev–Trinajstić information content (AvgIpc) is 2.83. The standard InChI is InChI=1S/C14H10ClN5O2/c1-19-11-10(12(21)18-14(19)22)20(13(15)17-11)7-9-5-3-2-4-8(9)6-16/h2-5H,7H2,1H3,(H,18,21,22). The highest BCUT2D eigenvalue weighted by atomic mass is 35.5. The van der Waals surface area contributed by atoms with Crippen LogP contribution in [0.25, 0.3) is 11.2 Å². The van der Waals surface area contributed by atoms with E-state index >= 15 is 0 Å². The maximum absolute atomic E-state index is 12.1. The molecule has 7 nitrogen and oxygen atoms in total. The van der Waals surface area contributed by atoms with Gasteiger partial charge in [0.15, 0.2) is 11.2 Å². The molecule has 0 aliphatic carbocycles. The van der Waals surface area contributed by atoms with E-state index < -0.39 is 11.2 Å². The first-order chi connectivity index (χ1) is 10.5. The number of fused-ring (bicyclic) bond motifs is 1. The fourth-order valence-electron chi connectivity index (χ4n) is 2.29. The topological polar surface area (TPSA) is 96.5 Å². The molecule has 0 aliphatic heterocycles. The van der Waals surface area contributed by atoms with Crippen molar-refractivity contribution in [2.24, 2.45) is 7.05 Å². The second-order valence-electron chi connectivity index (χ2n) is 4.73. The molecular formula is C14H10ClN5O2. The predicted molar refractivity (Wildman–Crippen MR) is 80.9 cm³/mol. The molecule has 0 amide bonds. The molecule has 0 saturated heterocycles. The lowest BCUT2D eigenvalue weighted by atomic mass is 10.1. The SMILES string of the molecule is Cn1c(=O)[nH]c(=O)c2c1nc(Cl)n2Cc1ccccc1C#N. The number of halogens is 1. The Labute approximate surface area is 129 Å². The average molecular weight is 316 g/mol. The fourth-order valence-corrected chi connectivity index (χ4v) is 2.51. The van der Waals surface area contributed by atoms with E-state index in [1.807, 2.05) is 0 Å². The van der Waals surface area contributed by atoms with Gasteiger partial charge in [-0.05, 0) is 23.2 Å². The van der Waals surface area contributed by atoms with Crippen molar-refractivity contribution in [2.75, 3.05) is 0 Å². The van der Waals surface area contributed by atoms with Gasteiger partial charge in [0.05, 0.1) is 18.2 Å². The molecule has 0 fully saturated rings. The molecule has 0 atom stereocenters. The highest BCUT2D eigenvalue weighted by Crippen LogP contribution is 2.18. The zero-order valence-corrected chi connectivity index (χ0v) is 12.3. The molecule has 0 aliphatic rings. The molecule has 3 rings (SSSR count).